The van der Waals surface area contributed by atoms with Crippen LogP contribution in [0.2, 0.25) is 0 Å². The third-order valence-corrected chi connectivity index (χ3v) is 6.16. The summed E-state index contributed by atoms with van der Waals surface area (Å²) in [5.74, 6) is -0.149. The number of ketones is 1. The van der Waals surface area contributed by atoms with E-state index in [1.165, 1.54) is 31.2 Å². The Morgan fingerprint density at radius 1 is 1.20 bits per heavy atom. The maximum atomic E-state index is 12.5. The predicted octanol–water partition coefficient (Wildman–Crippen LogP) is 2.50. The van der Waals surface area contributed by atoms with Crippen LogP contribution < -0.4 is 10.3 Å². The Bertz CT molecular complexity index is 1080. The number of aromatic nitrogens is 2. The Hall–Kier alpha value is -2.78. The molecule has 0 atom stereocenters. The summed E-state index contributed by atoms with van der Waals surface area (Å²) in [5, 5.41) is 7.82. The lowest BCUT2D eigenvalue weighted by atomic mass is 10.1. The van der Waals surface area contributed by atoms with Gasteiger partial charge in [-0.25, -0.2) is 13.5 Å². The van der Waals surface area contributed by atoms with Gasteiger partial charge in [-0.15, -0.1) is 11.3 Å². The van der Waals surface area contributed by atoms with Gasteiger partial charge in [0.15, 0.2) is 5.78 Å². The van der Waals surface area contributed by atoms with Crippen LogP contribution in [-0.4, -0.2) is 24.4 Å². The van der Waals surface area contributed by atoms with Crippen molar-refractivity contribution >= 4 is 32.8 Å². The van der Waals surface area contributed by atoms with Gasteiger partial charge in [-0.3, -0.25) is 14.3 Å². The molecule has 0 fully saturated rings. The number of sulfonamides is 1. The molecule has 2 aromatic heterocycles. The highest BCUT2D eigenvalue weighted by Crippen LogP contribution is 2.28. The molecule has 2 heterocycles. The molecular weight excluding hydrogens is 362 g/mol. The predicted molar refractivity (Wildman–Crippen MR) is 95.4 cm³/mol. The molecule has 0 saturated heterocycles. The molecule has 1 aromatic carbocycles. The van der Waals surface area contributed by atoms with Crippen LogP contribution in [0.25, 0.3) is 11.3 Å². The number of nitrogens with zero attached hydrogens (tertiary/aromatic N) is 1. The van der Waals surface area contributed by atoms with Gasteiger partial charge in [0.25, 0.3) is 15.6 Å². The van der Waals surface area contributed by atoms with E-state index < -0.39 is 10.0 Å². The zero-order chi connectivity index (χ0) is 18.0. The van der Waals surface area contributed by atoms with Gasteiger partial charge in [-0.2, -0.15) is 5.10 Å². The standard InChI is InChI=1S/C16H13N3O4S2/c1-10(20)11-3-2-4-13(7-11)19-25(22,23)16-8-12(9-24-16)14-5-6-15(21)18-17-14/h2-9,19H,1H3,(H,18,21). The summed E-state index contributed by atoms with van der Waals surface area (Å²) in [7, 11) is -3.79. The lowest BCUT2D eigenvalue weighted by Crippen LogP contribution is -2.11. The van der Waals surface area contributed by atoms with Crippen LogP contribution in [0.5, 0.6) is 0 Å². The summed E-state index contributed by atoms with van der Waals surface area (Å²) in [6.45, 7) is 1.41. The molecule has 0 amide bonds. The van der Waals surface area contributed by atoms with Gasteiger partial charge >= 0.3 is 0 Å². The van der Waals surface area contributed by atoms with Gasteiger partial charge < -0.3 is 0 Å². The van der Waals surface area contributed by atoms with Crippen LogP contribution in [0, 0.1) is 0 Å². The molecule has 3 rings (SSSR count). The third-order valence-electron chi connectivity index (χ3n) is 3.34. The number of carbonyl (C=O) groups excluding carboxylic acids is 1. The maximum absolute atomic E-state index is 12.5. The summed E-state index contributed by atoms with van der Waals surface area (Å²) in [6, 6.07) is 10.6. The van der Waals surface area contributed by atoms with Crippen molar-refractivity contribution < 1.29 is 13.2 Å². The van der Waals surface area contributed by atoms with E-state index in [9.17, 15) is 18.0 Å². The number of Topliss-reactive ketones (excluding diaryl/α,β-unsaturated/α-hetero) is 1. The van der Waals surface area contributed by atoms with E-state index in [0.29, 0.717) is 22.5 Å². The number of rotatable bonds is 5. The number of hydrogen-bond donors (Lipinski definition) is 2. The van der Waals surface area contributed by atoms with E-state index in [4.69, 9.17) is 0 Å². The second-order valence-electron chi connectivity index (χ2n) is 5.20. The molecule has 0 aliphatic rings. The molecule has 0 spiro atoms. The molecular formula is C16H13N3O4S2. The summed E-state index contributed by atoms with van der Waals surface area (Å²) in [6.07, 6.45) is 0. The SMILES string of the molecule is CC(=O)c1cccc(NS(=O)(=O)c2cc(-c3ccc(=O)[nH]n3)cs2)c1. The topological polar surface area (TPSA) is 109 Å². The number of hydrogen-bond acceptors (Lipinski definition) is 6. The molecule has 0 radical (unpaired) electrons. The Balaban J connectivity index is 1.88. The smallest absolute Gasteiger partial charge is 0.271 e. The summed E-state index contributed by atoms with van der Waals surface area (Å²) < 4.78 is 27.6. The van der Waals surface area contributed by atoms with E-state index in [1.807, 2.05) is 0 Å². The molecule has 2 N–H and O–H groups in total. The highest BCUT2D eigenvalue weighted by molar-refractivity contribution is 7.94. The quantitative estimate of drug-likeness (QED) is 0.666. The average molecular weight is 375 g/mol. The fourth-order valence-electron chi connectivity index (χ4n) is 2.10. The fourth-order valence-corrected chi connectivity index (χ4v) is 4.33. The fraction of sp³-hybridized carbons (Fsp3) is 0.0625. The van der Waals surface area contributed by atoms with E-state index in [0.717, 1.165) is 11.3 Å². The highest BCUT2D eigenvalue weighted by Gasteiger charge is 2.18. The normalized spacial score (nSPS) is 11.2. The Labute approximate surface area is 147 Å². The minimum absolute atomic E-state index is 0.101. The highest BCUT2D eigenvalue weighted by atomic mass is 32.2. The van der Waals surface area contributed by atoms with Crippen molar-refractivity contribution in [3.05, 3.63) is 63.8 Å². The number of thiophene rings is 1. The first-order valence-corrected chi connectivity index (χ1v) is 9.50. The van der Waals surface area contributed by atoms with Crippen molar-refractivity contribution in [2.75, 3.05) is 4.72 Å². The molecule has 128 valence electrons. The number of anilines is 1. The number of benzene rings is 1. The molecule has 7 nitrogen and oxygen atoms in total. The van der Waals surface area contributed by atoms with Crippen LogP contribution in [0.1, 0.15) is 17.3 Å². The van der Waals surface area contributed by atoms with Crippen molar-refractivity contribution in [3.8, 4) is 11.3 Å². The largest absolute Gasteiger partial charge is 0.295 e. The van der Waals surface area contributed by atoms with Crippen LogP contribution in [0.4, 0.5) is 5.69 Å². The maximum Gasteiger partial charge on any atom is 0.271 e. The second-order valence-corrected chi connectivity index (χ2v) is 8.02. The molecule has 0 aliphatic heterocycles. The van der Waals surface area contributed by atoms with Gasteiger partial charge in [0, 0.05) is 28.3 Å². The summed E-state index contributed by atoms with van der Waals surface area (Å²) in [5.41, 5.74) is 1.45. The monoisotopic (exact) mass is 375 g/mol. The van der Waals surface area contributed by atoms with Crippen molar-refractivity contribution in [2.24, 2.45) is 0 Å². The van der Waals surface area contributed by atoms with Crippen LogP contribution in [0.3, 0.4) is 0 Å². The van der Waals surface area contributed by atoms with Gasteiger partial charge in [0.2, 0.25) is 0 Å². The molecule has 0 bridgehead atoms. The summed E-state index contributed by atoms with van der Waals surface area (Å²) >= 11 is 1.04. The Kier molecular flexibility index (Phi) is 4.51. The van der Waals surface area contributed by atoms with Crippen molar-refractivity contribution in [1.29, 1.82) is 0 Å². The molecule has 3 aromatic rings. The number of aromatic amines is 1. The number of nitrogens with one attached hydrogen (secondary N) is 2. The van der Waals surface area contributed by atoms with Gasteiger partial charge in [-0.1, -0.05) is 12.1 Å². The van der Waals surface area contributed by atoms with Gasteiger partial charge in [-0.05, 0) is 31.2 Å². The van der Waals surface area contributed by atoms with Crippen molar-refractivity contribution in [1.82, 2.24) is 10.2 Å². The number of H-pyrrole nitrogens is 1. The minimum atomic E-state index is -3.79. The first kappa shape index (κ1) is 17.1. The lowest BCUT2D eigenvalue weighted by molar-refractivity contribution is 0.101. The Morgan fingerprint density at radius 2 is 2.00 bits per heavy atom. The molecule has 0 saturated carbocycles. The molecule has 9 heteroatoms. The van der Waals surface area contributed by atoms with E-state index in [1.54, 1.807) is 23.6 Å². The molecule has 0 aliphatic carbocycles. The second kappa shape index (κ2) is 6.61. The van der Waals surface area contributed by atoms with Crippen LogP contribution in [0.15, 0.2) is 56.8 Å². The van der Waals surface area contributed by atoms with E-state index >= 15 is 0 Å². The zero-order valence-corrected chi connectivity index (χ0v) is 14.6. The van der Waals surface area contributed by atoms with Crippen LogP contribution >= 0.6 is 11.3 Å². The first-order valence-electron chi connectivity index (χ1n) is 7.13. The van der Waals surface area contributed by atoms with Crippen molar-refractivity contribution in [3.63, 3.8) is 0 Å². The molecule has 25 heavy (non-hydrogen) atoms. The molecule has 0 unspecified atom stereocenters. The van der Waals surface area contributed by atoms with Gasteiger partial charge in [0.05, 0.1) is 5.69 Å². The van der Waals surface area contributed by atoms with Gasteiger partial charge in [0.1, 0.15) is 4.21 Å². The lowest BCUT2D eigenvalue weighted by Gasteiger charge is -2.07. The van der Waals surface area contributed by atoms with Crippen LogP contribution in [-0.2, 0) is 10.0 Å². The third kappa shape index (κ3) is 3.83. The first-order chi connectivity index (χ1) is 11.8. The van der Waals surface area contributed by atoms with E-state index in [-0.39, 0.29) is 15.6 Å². The average Bonchev–Trinajstić information content (AvgIpc) is 3.06. The van der Waals surface area contributed by atoms with E-state index in [2.05, 4.69) is 14.9 Å². The Morgan fingerprint density at radius 3 is 2.68 bits per heavy atom. The minimum Gasteiger partial charge on any atom is -0.295 e. The zero-order valence-electron chi connectivity index (χ0n) is 13.0. The van der Waals surface area contributed by atoms with Crippen molar-refractivity contribution in [2.45, 2.75) is 11.1 Å². The summed E-state index contributed by atoms with van der Waals surface area (Å²) in [4.78, 5) is 22.5. The number of carbonyl (C=O) groups is 1.